The second kappa shape index (κ2) is 12.3. The van der Waals surface area contributed by atoms with E-state index in [1.165, 1.54) is 10.4 Å². The highest BCUT2D eigenvalue weighted by Gasteiger charge is 2.51. The first-order valence-corrected chi connectivity index (χ1v) is 14.9. The Kier molecular flexibility index (Phi) is 9.72. The molecule has 3 nitrogen and oxygen atoms in total. The minimum Gasteiger partial charge on any atom is -0.405 e. The fourth-order valence-electron chi connectivity index (χ4n) is 5.67. The fourth-order valence-corrected chi connectivity index (χ4v) is 10.2. The molecule has 0 bridgehead atoms. The molecule has 186 valence electrons. The van der Waals surface area contributed by atoms with Gasteiger partial charge in [-0.25, -0.2) is 0 Å². The van der Waals surface area contributed by atoms with Crippen molar-refractivity contribution in [1.29, 1.82) is 0 Å². The fraction of sp³-hybridized carbons (Fsp3) is 0.533. The molecule has 2 aromatic rings. The summed E-state index contributed by atoms with van der Waals surface area (Å²) < 4.78 is 13.5. The van der Waals surface area contributed by atoms with Crippen LogP contribution in [0.4, 0.5) is 0 Å². The minimum atomic E-state index is -2.62. The molecule has 0 aromatic heterocycles. The van der Waals surface area contributed by atoms with Gasteiger partial charge in [-0.15, -0.1) is 6.58 Å². The van der Waals surface area contributed by atoms with Gasteiger partial charge >= 0.3 is 0 Å². The zero-order valence-corrected chi connectivity index (χ0v) is 22.6. The lowest BCUT2D eigenvalue weighted by Crippen LogP contribution is -2.67. The number of aliphatic hydroxyl groups is 1. The summed E-state index contributed by atoms with van der Waals surface area (Å²) in [5.41, 5.74) is 0. The standard InChI is InChI=1S/C30H44O3Si/c1-6-8-21-28(31)26(7-2)27-20-15-22-32-29(27)23-33-34(30(3,4)5,24-16-11-9-12-17-24)25-18-13-10-14-19-25/h7,9-14,16-19,26-29,31H,2,6,8,15,20-23H2,1,3-5H3/t26-,27-,28-,29-/m1/s1. The van der Waals surface area contributed by atoms with Crippen molar-refractivity contribution in [2.24, 2.45) is 11.8 Å². The van der Waals surface area contributed by atoms with E-state index in [2.05, 4.69) is 94.9 Å². The predicted octanol–water partition coefficient (Wildman–Crippen LogP) is 5.71. The minimum absolute atomic E-state index is 0.0274. The lowest BCUT2D eigenvalue weighted by atomic mass is 9.78. The van der Waals surface area contributed by atoms with Crippen LogP contribution in [0.15, 0.2) is 73.3 Å². The molecule has 0 aliphatic carbocycles. The summed E-state index contributed by atoms with van der Waals surface area (Å²) in [6.07, 6.45) is 6.51. The van der Waals surface area contributed by atoms with Crippen LogP contribution in [0, 0.1) is 11.8 Å². The zero-order valence-electron chi connectivity index (χ0n) is 21.6. The maximum Gasteiger partial charge on any atom is 0.261 e. The third-order valence-corrected chi connectivity index (χ3v) is 12.4. The molecule has 0 saturated carbocycles. The Morgan fingerprint density at radius 1 is 1.09 bits per heavy atom. The molecule has 1 fully saturated rings. The number of aliphatic hydroxyl groups excluding tert-OH is 1. The van der Waals surface area contributed by atoms with Crippen molar-refractivity contribution in [3.63, 3.8) is 0 Å². The van der Waals surface area contributed by atoms with Crippen LogP contribution in [0.3, 0.4) is 0 Å². The molecule has 3 rings (SSSR count). The topological polar surface area (TPSA) is 38.7 Å². The van der Waals surface area contributed by atoms with Gasteiger partial charge in [0.25, 0.3) is 8.32 Å². The monoisotopic (exact) mass is 480 g/mol. The van der Waals surface area contributed by atoms with Gasteiger partial charge in [0.2, 0.25) is 0 Å². The molecule has 0 unspecified atom stereocenters. The van der Waals surface area contributed by atoms with Crippen molar-refractivity contribution in [3.05, 3.63) is 73.3 Å². The second-order valence-electron chi connectivity index (χ2n) is 10.7. The molecular formula is C30H44O3Si. The summed E-state index contributed by atoms with van der Waals surface area (Å²) in [6.45, 7) is 14.5. The molecule has 1 heterocycles. The first kappa shape index (κ1) is 26.9. The highest BCUT2D eigenvalue weighted by Crippen LogP contribution is 2.38. The number of ether oxygens (including phenoxy) is 1. The average Bonchev–Trinajstić information content (AvgIpc) is 2.85. The van der Waals surface area contributed by atoms with Gasteiger partial charge in [-0.05, 0) is 40.6 Å². The average molecular weight is 481 g/mol. The Morgan fingerprint density at radius 2 is 1.68 bits per heavy atom. The number of hydrogen-bond acceptors (Lipinski definition) is 3. The highest BCUT2D eigenvalue weighted by atomic mass is 28.4. The van der Waals surface area contributed by atoms with Gasteiger partial charge < -0.3 is 14.3 Å². The van der Waals surface area contributed by atoms with E-state index in [0.29, 0.717) is 6.61 Å². The summed E-state index contributed by atoms with van der Waals surface area (Å²) in [6, 6.07) is 21.5. The van der Waals surface area contributed by atoms with Crippen LogP contribution in [-0.2, 0) is 9.16 Å². The number of hydrogen-bond donors (Lipinski definition) is 1. The maximum absolute atomic E-state index is 11.0. The summed E-state index contributed by atoms with van der Waals surface area (Å²) >= 11 is 0. The van der Waals surface area contributed by atoms with Crippen molar-refractivity contribution in [2.75, 3.05) is 13.2 Å². The summed E-state index contributed by atoms with van der Waals surface area (Å²) in [7, 11) is -2.62. The molecule has 0 radical (unpaired) electrons. The van der Waals surface area contributed by atoms with Gasteiger partial charge in [0.15, 0.2) is 0 Å². The molecule has 0 amide bonds. The molecule has 1 N–H and O–H groups in total. The lowest BCUT2D eigenvalue weighted by Gasteiger charge is -2.45. The van der Waals surface area contributed by atoms with Crippen LogP contribution >= 0.6 is 0 Å². The summed E-state index contributed by atoms with van der Waals surface area (Å²) in [4.78, 5) is 0. The van der Waals surface area contributed by atoms with Crippen molar-refractivity contribution < 1.29 is 14.3 Å². The van der Waals surface area contributed by atoms with Crippen LogP contribution in [0.1, 0.15) is 59.8 Å². The maximum atomic E-state index is 11.0. The molecule has 1 saturated heterocycles. The predicted molar refractivity (Wildman–Crippen MR) is 145 cm³/mol. The normalized spacial score (nSPS) is 21.1. The van der Waals surface area contributed by atoms with Crippen LogP contribution < -0.4 is 10.4 Å². The van der Waals surface area contributed by atoms with E-state index in [-0.39, 0.29) is 29.1 Å². The van der Waals surface area contributed by atoms with Crippen LogP contribution in [-0.4, -0.2) is 38.8 Å². The van der Waals surface area contributed by atoms with Crippen molar-refractivity contribution in [1.82, 2.24) is 0 Å². The first-order valence-electron chi connectivity index (χ1n) is 13.0. The number of unbranched alkanes of at least 4 members (excludes halogenated alkanes) is 1. The molecule has 2 aromatic carbocycles. The molecule has 0 spiro atoms. The van der Waals surface area contributed by atoms with Gasteiger partial charge in [0.05, 0.1) is 18.8 Å². The van der Waals surface area contributed by atoms with E-state index in [4.69, 9.17) is 9.16 Å². The Hall–Kier alpha value is -1.72. The van der Waals surface area contributed by atoms with Crippen LogP contribution in [0.2, 0.25) is 5.04 Å². The molecule has 1 aliphatic rings. The molecule has 1 aliphatic heterocycles. The van der Waals surface area contributed by atoms with Gasteiger partial charge in [0.1, 0.15) is 0 Å². The Balaban J connectivity index is 1.94. The number of benzene rings is 2. The number of rotatable bonds is 11. The van der Waals surface area contributed by atoms with E-state index in [1.54, 1.807) is 0 Å². The summed E-state index contributed by atoms with van der Waals surface area (Å²) in [5, 5.41) is 13.5. The Morgan fingerprint density at radius 3 is 2.18 bits per heavy atom. The van der Waals surface area contributed by atoms with Crippen LogP contribution in [0.25, 0.3) is 0 Å². The third-order valence-electron chi connectivity index (χ3n) is 7.44. The van der Waals surface area contributed by atoms with E-state index >= 15 is 0 Å². The van der Waals surface area contributed by atoms with E-state index in [1.807, 2.05) is 6.08 Å². The molecule has 4 heteroatoms. The van der Waals surface area contributed by atoms with E-state index in [0.717, 1.165) is 38.7 Å². The SMILES string of the molecule is C=C[C@H]([C@H]1CCCO[C@@H]1CO[Si](c1ccccc1)(c1ccccc1)C(C)(C)C)[C@H](O)CCCC. The highest BCUT2D eigenvalue weighted by molar-refractivity contribution is 6.99. The third kappa shape index (κ3) is 5.91. The van der Waals surface area contributed by atoms with Crippen molar-refractivity contribution >= 4 is 18.7 Å². The van der Waals surface area contributed by atoms with Gasteiger partial charge in [-0.2, -0.15) is 0 Å². The molecule has 4 atom stereocenters. The van der Waals surface area contributed by atoms with Gasteiger partial charge in [-0.3, -0.25) is 0 Å². The van der Waals surface area contributed by atoms with Gasteiger partial charge in [-0.1, -0.05) is 107 Å². The Bertz CT molecular complexity index is 822. The Labute approximate surface area is 208 Å². The van der Waals surface area contributed by atoms with E-state index < -0.39 is 8.32 Å². The van der Waals surface area contributed by atoms with Crippen LogP contribution in [0.5, 0.6) is 0 Å². The summed E-state index contributed by atoms with van der Waals surface area (Å²) in [5.74, 6) is 0.246. The second-order valence-corrected chi connectivity index (χ2v) is 15.0. The van der Waals surface area contributed by atoms with Crippen molar-refractivity contribution in [2.45, 2.75) is 77.0 Å². The lowest BCUT2D eigenvalue weighted by molar-refractivity contribution is -0.0796. The van der Waals surface area contributed by atoms with E-state index in [9.17, 15) is 5.11 Å². The largest absolute Gasteiger partial charge is 0.405 e. The van der Waals surface area contributed by atoms with Gasteiger partial charge in [0, 0.05) is 12.5 Å². The quantitative estimate of drug-likeness (QED) is 0.331. The zero-order chi connectivity index (χ0) is 24.6. The van der Waals surface area contributed by atoms with Crippen molar-refractivity contribution in [3.8, 4) is 0 Å². The molecular weight excluding hydrogens is 436 g/mol. The molecule has 34 heavy (non-hydrogen) atoms. The smallest absolute Gasteiger partial charge is 0.261 e. The first-order chi connectivity index (χ1) is 16.3.